The van der Waals surface area contributed by atoms with Gasteiger partial charge in [-0.3, -0.25) is 9.88 Å². The van der Waals surface area contributed by atoms with Gasteiger partial charge in [-0.1, -0.05) is 12.1 Å². The molecule has 3 N–H and O–H groups in total. The Bertz CT molecular complexity index is 834. The molecule has 0 amide bonds. The first kappa shape index (κ1) is 11.8. The van der Waals surface area contributed by atoms with Crippen LogP contribution >= 0.6 is 22.6 Å². The Morgan fingerprint density at radius 2 is 2.10 bits per heavy atom. The van der Waals surface area contributed by atoms with Crippen molar-refractivity contribution in [1.82, 2.24) is 9.55 Å². The fourth-order valence-electron chi connectivity index (χ4n) is 2.37. The zero-order valence-corrected chi connectivity index (χ0v) is 12.4. The average molecular weight is 379 g/mol. The number of nitrogens with zero attached hydrogens (tertiary/aromatic N) is 3. The van der Waals surface area contributed by atoms with Crippen LogP contribution in [0.2, 0.25) is 0 Å². The number of halogens is 1. The molecule has 0 unspecified atom stereocenters. The van der Waals surface area contributed by atoms with Gasteiger partial charge in [-0.05, 0) is 46.9 Å². The van der Waals surface area contributed by atoms with Crippen molar-refractivity contribution in [2.24, 2.45) is 10.7 Å². The second kappa shape index (κ2) is 4.23. The van der Waals surface area contributed by atoms with Gasteiger partial charge in [-0.2, -0.15) is 0 Å². The van der Waals surface area contributed by atoms with Crippen molar-refractivity contribution >= 4 is 45.5 Å². The van der Waals surface area contributed by atoms with E-state index in [0.29, 0.717) is 11.9 Å². The number of nitrogens with one attached hydrogen (secondary N) is 1. The average Bonchev–Trinajstić information content (AvgIpc) is 3.00. The van der Waals surface area contributed by atoms with Crippen LogP contribution in [0.25, 0.3) is 11.0 Å². The number of hydrogen-bond donors (Lipinski definition) is 2. The molecule has 0 radical (unpaired) electrons. The molecule has 0 aliphatic carbocycles. The first-order valence-corrected chi connectivity index (χ1v) is 7.13. The van der Waals surface area contributed by atoms with E-state index in [1.807, 2.05) is 41.0 Å². The molecule has 0 fully saturated rings. The van der Waals surface area contributed by atoms with E-state index in [1.165, 1.54) is 0 Å². The summed E-state index contributed by atoms with van der Waals surface area (Å²) < 4.78 is 8.50. The van der Waals surface area contributed by atoms with Crippen molar-refractivity contribution in [2.45, 2.75) is 6.17 Å². The number of nitrogens with two attached hydrogens (primary N) is 1. The van der Waals surface area contributed by atoms with Gasteiger partial charge < -0.3 is 10.2 Å². The summed E-state index contributed by atoms with van der Waals surface area (Å²) in [5, 5.41) is 2.99. The molecule has 1 aliphatic rings. The summed E-state index contributed by atoms with van der Waals surface area (Å²) >= 11 is 2.13. The molecule has 1 aromatic carbocycles. The number of imidazole rings is 1. The van der Waals surface area contributed by atoms with Crippen LogP contribution in [0.5, 0.6) is 0 Å². The van der Waals surface area contributed by atoms with Crippen LogP contribution < -0.4 is 11.1 Å². The molecule has 1 atom stereocenters. The Hall–Kier alpha value is -2.03. The molecule has 0 saturated carbocycles. The summed E-state index contributed by atoms with van der Waals surface area (Å²) in [7, 11) is 0. The number of anilines is 1. The minimum Gasteiger partial charge on any atom is -0.451 e. The largest absolute Gasteiger partial charge is 0.451 e. The molecule has 3 aromatic rings. The van der Waals surface area contributed by atoms with E-state index >= 15 is 0 Å². The van der Waals surface area contributed by atoms with Gasteiger partial charge in [0.1, 0.15) is 0 Å². The van der Waals surface area contributed by atoms with Crippen molar-refractivity contribution in [2.75, 3.05) is 5.32 Å². The van der Waals surface area contributed by atoms with Crippen LogP contribution in [0.3, 0.4) is 0 Å². The number of benzene rings is 1. The summed E-state index contributed by atoms with van der Waals surface area (Å²) in [5.41, 5.74) is 7.73. The quantitative estimate of drug-likeness (QED) is 0.637. The highest BCUT2D eigenvalue weighted by Crippen LogP contribution is 2.33. The smallest absolute Gasteiger partial charge is 0.212 e. The van der Waals surface area contributed by atoms with E-state index in [1.54, 1.807) is 0 Å². The van der Waals surface area contributed by atoms with Gasteiger partial charge in [0.15, 0.2) is 21.7 Å². The van der Waals surface area contributed by atoms with E-state index in [4.69, 9.17) is 10.2 Å². The van der Waals surface area contributed by atoms with E-state index in [-0.39, 0.29) is 6.17 Å². The number of para-hydroxylation sites is 2. The third-order valence-electron chi connectivity index (χ3n) is 3.19. The lowest BCUT2D eigenvalue weighted by molar-refractivity contribution is 0.425. The SMILES string of the molecule is NC1=N[C@H](c2ccc(I)o2)n2c(nc3ccccc32)N1. The molecule has 6 nitrogen and oxygen atoms in total. The Morgan fingerprint density at radius 1 is 1.25 bits per heavy atom. The number of hydrogen-bond acceptors (Lipinski definition) is 5. The van der Waals surface area contributed by atoms with E-state index in [2.05, 4.69) is 37.9 Å². The standard InChI is InChI=1S/C13H10IN5O/c14-10-6-5-9(20-10)11-17-12(15)18-13-16-7-3-1-2-4-8(7)19(11)13/h1-6,11H,(H3,15,16,17,18)/t11-/m0/s1. The molecule has 2 aromatic heterocycles. The number of aliphatic imine (C=N–C) groups is 1. The highest BCUT2D eigenvalue weighted by Gasteiger charge is 2.27. The molecular weight excluding hydrogens is 369 g/mol. The first-order valence-electron chi connectivity index (χ1n) is 6.05. The highest BCUT2D eigenvalue weighted by atomic mass is 127. The van der Waals surface area contributed by atoms with Crippen molar-refractivity contribution in [3.63, 3.8) is 0 Å². The van der Waals surface area contributed by atoms with Gasteiger partial charge in [0.2, 0.25) is 5.95 Å². The van der Waals surface area contributed by atoms with Crippen molar-refractivity contribution in [3.05, 3.63) is 45.9 Å². The van der Waals surface area contributed by atoms with Gasteiger partial charge in [0.05, 0.1) is 11.0 Å². The minimum absolute atomic E-state index is 0.331. The van der Waals surface area contributed by atoms with Gasteiger partial charge in [-0.15, -0.1) is 0 Å². The van der Waals surface area contributed by atoms with E-state index in [9.17, 15) is 0 Å². The topological polar surface area (TPSA) is 81.4 Å². The fourth-order valence-corrected chi connectivity index (χ4v) is 2.81. The lowest BCUT2D eigenvalue weighted by Crippen LogP contribution is -2.31. The Balaban J connectivity index is 1.98. The van der Waals surface area contributed by atoms with Crippen LogP contribution in [0.4, 0.5) is 5.95 Å². The molecule has 7 heteroatoms. The normalized spacial score (nSPS) is 17.6. The van der Waals surface area contributed by atoms with Gasteiger partial charge in [-0.25, -0.2) is 9.98 Å². The predicted octanol–water partition coefficient (Wildman–Crippen LogP) is 2.52. The number of rotatable bonds is 1. The van der Waals surface area contributed by atoms with E-state index < -0.39 is 0 Å². The monoisotopic (exact) mass is 379 g/mol. The van der Waals surface area contributed by atoms with Crippen molar-refractivity contribution < 1.29 is 4.42 Å². The summed E-state index contributed by atoms with van der Waals surface area (Å²) in [6, 6.07) is 11.7. The van der Waals surface area contributed by atoms with Gasteiger partial charge in [0, 0.05) is 0 Å². The maximum Gasteiger partial charge on any atom is 0.212 e. The molecule has 0 bridgehead atoms. The zero-order valence-electron chi connectivity index (χ0n) is 10.2. The van der Waals surface area contributed by atoms with Crippen LogP contribution in [0, 0.1) is 3.77 Å². The fraction of sp³-hybridized carbons (Fsp3) is 0.0769. The maximum atomic E-state index is 5.85. The lowest BCUT2D eigenvalue weighted by atomic mass is 10.3. The summed E-state index contributed by atoms with van der Waals surface area (Å²) in [5.74, 6) is 1.75. The van der Waals surface area contributed by atoms with Crippen LogP contribution in [-0.4, -0.2) is 15.5 Å². The Kier molecular flexibility index (Phi) is 2.49. The summed E-state index contributed by atoms with van der Waals surface area (Å²) in [6.07, 6.45) is -0.331. The molecule has 100 valence electrons. The van der Waals surface area contributed by atoms with Crippen molar-refractivity contribution in [3.8, 4) is 0 Å². The van der Waals surface area contributed by atoms with E-state index in [0.717, 1.165) is 20.6 Å². The molecule has 20 heavy (non-hydrogen) atoms. The number of fused-ring (bicyclic) bond motifs is 3. The molecule has 0 spiro atoms. The number of furan rings is 1. The Morgan fingerprint density at radius 3 is 2.90 bits per heavy atom. The predicted molar refractivity (Wildman–Crippen MR) is 84.5 cm³/mol. The molecule has 3 heterocycles. The van der Waals surface area contributed by atoms with Gasteiger partial charge in [0.25, 0.3) is 0 Å². The van der Waals surface area contributed by atoms with Crippen LogP contribution in [0.15, 0.2) is 45.8 Å². The van der Waals surface area contributed by atoms with Crippen LogP contribution in [0.1, 0.15) is 11.9 Å². The molecule has 0 saturated heterocycles. The third kappa shape index (κ3) is 1.69. The summed E-state index contributed by atoms with van der Waals surface area (Å²) in [6.45, 7) is 0. The Labute approximate surface area is 127 Å². The molecular formula is C13H10IN5O. The zero-order chi connectivity index (χ0) is 13.7. The van der Waals surface area contributed by atoms with Crippen molar-refractivity contribution in [1.29, 1.82) is 0 Å². The maximum absolute atomic E-state index is 5.85. The second-order valence-electron chi connectivity index (χ2n) is 4.45. The number of guanidine groups is 1. The summed E-state index contributed by atoms with van der Waals surface area (Å²) in [4.78, 5) is 8.97. The third-order valence-corrected chi connectivity index (χ3v) is 3.77. The highest BCUT2D eigenvalue weighted by molar-refractivity contribution is 14.1. The number of aromatic nitrogens is 2. The lowest BCUT2D eigenvalue weighted by Gasteiger charge is -2.21. The minimum atomic E-state index is -0.331. The van der Waals surface area contributed by atoms with Crippen LogP contribution in [-0.2, 0) is 0 Å². The molecule has 1 aliphatic heterocycles. The first-order chi connectivity index (χ1) is 9.72. The second-order valence-corrected chi connectivity index (χ2v) is 5.51. The molecule has 4 rings (SSSR count). The van der Waals surface area contributed by atoms with Gasteiger partial charge >= 0.3 is 0 Å².